The molecule has 1 aromatic carbocycles. The summed E-state index contributed by atoms with van der Waals surface area (Å²) in [7, 11) is -2.78. The summed E-state index contributed by atoms with van der Waals surface area (Å²) in [5.41, 5.74) is -1.79. The Morgan fingerprint density at radius 3 is 2.16 bits per heavy atom. The molecular weight excluding hydrogens is 402 g/mol. The highest BCUT2D eigenvalue weighted by molar-refractivity contribution is 14.2. The molecule has 0 saturated carbocycles. The molecule has 0 radical (unpaired) electrons. The molecule has 0 spiro atoms. The molecule has 0 saturated heterocycles. The van der Waals surface area contributed by atoms with Gasteiger partial charge in [0.1, 0.15) is 27.0 Å². The molecule has 0 aliphatic rings. The minimum Gasteiger partial charge on any atom is -0.497 e. The zero-order chi connectivity index (χ0) is 14.7. The van der Waals surface area contributed by atoms with Crippen LogP contribution in [0.5, 0.6) is 5.75 Å². The molecule has 0 atom stereocenters. The molecule has 0 bridgehead atoms. The van der Waals surface area contributed by atoms with Gasteiger partial charge in [-0.3, -0.25) is 4.28 Å². The maximum absolute atomic E-state index is 12.7. The van der Waals surface area contributed by atoms with E-state index >= 15 is 0 Å². The molecule has 10 heteroatoms. The van der Waals surface area contributed by atoms with Crippen molar-refractivity contribution >= 4 is 34.2 Å². The smallest absolute Gasteiger partial charge is 0.437 e. The van der Waals surface area contributed by atoms with Crippen molar-refractivity contribution in [2.24, 2.45) is 5.16 Å². The van der Waals surface area contributed by atoms with Crippen molar-refractivity contribution < 1.29 is 30.6 Å². The average molecular weight is 409 g/mol. The van der Waals surface area contributed by atoms with Crippen molar-refractivity contribution in [3.05, 3.63) is 29.8 Å². The average Bonchev–Trinajstić information content (AvgIpc) is 2.26. The van der Waals surface area contributed by atoms with Gasteiger partial charge in [0.05, 0.1) is 7.11 Å². The van der Waals surface area contributed by atoms with E-state index in [-0.39, 0.29) is 5.56 Å². The quantitative estimate of drug-likeness (QED) is 0.332. The Kier molecular flexibility index (Phi) is 5.01. The van der Waals surface area contributed by atoms with Crippen LogP contribution < -0.4 is 4.74 Å². The fourth-order valence-electron chi connectivity index (χ4n) is 1.10. The highest BCUT2D eigenvalue weighted by atomic mass is 127. The molecule has 1 rings (SSSR count). The summed E-state index contributed by atoms with van der Waals surface area (Å²) in [4.78, 5) is 0. The highest BCUT2D eigenvalue weighted by Crippen LogP contribution is 2.25. The van der Waals surface area contributed by atoms with Crippen LogP contribution in [0.25, 0.3) is 0 Å². The van der Waals surface area contributed by atoms with Gasteiger partial charge in [0.15, 0.2) is 5.71 Å². The first kappa shape index (κ1) is 16.0. The number of hydrogen-bond donors (Lipinski definition) is 0. The van der Waals surface area contributed by atoms with Gasteiger partial charge in [-0.05, 0) is 24.3 Å². The van der Waals surface area contributed by atoms with Crippen LogP contribution in [0.3, 0.4) is 0 Å². The largest absolute Gasteiger partial charge is 0.497 e. The van der Waals surface area contributed by atoms with Crippen LogP contribution in [0, 0.1) is 0 Å². The third-order valence-corrected chi connectivity index (χ3v) is 2.58. The van der Waals surface area contributed by atoms with Crippen molar-refractivity contribution in [1.29, 1.82) is 0 Å². The molecule has 0 heterocycles. The van der Waals surface area contributed by atoms with E-state index in [0.29, 0.717) is 5.75 Å². The molecule has 0 fully saturated rings. The Morgan fingerprint density at radius 2 is 1.79 bits per heavy atom. The third kappa shape index (κ3) is 5.22. The van der Waals surface area contributed by atoms with E-state index in [1.165, 1.54) is 19.2 Å². The van der Waals surface area contributed by atoms with Gasteiger partial charge in [0.25, 0.3) is 0 Å². The third-order valence-electron chi connectivity index (χ3n) is 1.85. The molecule has 0 aliphatic carbocycles. The van der Waals surface area contributed by atoms with Gasteiger partial charge < -0.3 is 4.74 Å². The first-order chi connectivity index (χ1) is 8.63. The van der Waals surface area contributed by atoms with Crippen LogP contribution in [0.4, 0.5) is 13.2 Å². The standard InChI is InChI=1S/C9H7F3INO4S/c1-17-7-4-2-6(3-5-7)8(9(10,11)12)14-18-19(13,15)16/h2-5H,1H3/b14-8-. The number of hydrogen-bond acceptors (Lipinski definition) is 5. The van der Waals surface area contributed by atoms with Crippen molar-refractivity contribution in [1.82, 2.24) is 0 Å². The predicted octanol–water partition coefficient (Wildman–Crippen LogP) is 2.66. The number of rotatable bonds is 4. The molecule has 1 aromatic rings. The molecule has 0 unspecified atom stereocenters. The summed E-state index contributed by atoms with van der Waals surface area (Å²) in [5.74, 6) is 0.354. The van der Waals surface area contributed by atoms with Crippen molar-refractivity contribution in [3.8, 4) is 5.75 Å². The number of halogens is 4. The molecule has 0 amide bonds. The lowest BCUT2D eigenvalue weighted by Crippen LogP contribution is -2.24. The van der Waals surface area contributed by atoms with Crippen LogP contribution in [0.15, 0.2) is 29.4 Å². The van der Waals surface area contributed by atoms with Gasteiger partial charge in [0, 0.05) is 5.56 Å². The topological polar surface area (TPSA) is 65.0 Å². The summed E-state index contributed by atoms with van der Waals surface area (Å²) in [6, 6.07) is 4.76. The lowest BCUT2D eigenvalue weighted by atomic mass is 10.1. The van der Waals surface area contributed by atoms with Crippen molar-refractivity contribution in [2.45, 2.75) is 6.18 Å². The van der Waals surface area contributed by atoms with Crippen LogP contribution in [0.2, 0.25) is 0 Å². The Balaban J connectivity index is 3.17. The molecule has 106 valence electrons. The lowest BCUT2D eigenvalue weighted by molar-refractivity contribution is -0.0596. The van der Waals surface area contributed by atoms with E-state index in [9.17, 15) is 21.6 Å². The van der Waals surface area contributed by atoms with E-state index in [1.54, 1.807) is 0 Å². The first-order valence-corrected chi connectivity index (χ1v) is 8.51. The van der Waals surface area contributed by atoms with Gasteiger partial charge in [-0.1, -0.05) is 5.16 Å². The van der Waals surface area contributed by atoms with Crippen LogP contribution in [-0.4, -0.2) is 27.4 Å². The SMILES string of the molecule is COc1ccc(/C(=N/OS(=O)(=O)I)C(F)(F)F)cc1. The molecule has 0 N–H and O–H groups in total. The second-order valence-corrected chi connectivity index (χ2v) is 7.31. The zero-order valence-electron chi connectivity index (χ0n) is 9.31. The maximum Gasteiger partial charge on any atom is 0.437 e. The molecule has 0 aliphatic heterocycles. The predicted molar refractivity (Wildman–Crippen MR) is 69.6 cm³/mol. The maximum atomic E-state index is 12.7. The summed E-state index contributed by atoms with van der Waals surface area (Å²) in [6.07, 6.45) is -4.85. The molecular formula is C9H7F3INO4S. The van der Waals surface area contributed by atoms with Crippen LogP contribution in [0.1, 0.15) is 5.56 Å². The molecule has 0 aromatic heterocycles. The Hall–Kier alpha value is -1.04. The molecule has 5 nitrogen and oxygen atoms in total. The normalized spacial score (nSPS) is 13.2. The number of nitrogens with zero attached hydrogens (tertiary/aromatic N) is 1. The van der Waals surface area contributed by atoms with Gasteiger partial charge in [0.2, 0.25) is 0 Å². The van der Waals surface area contributed by atoms with Crippen molar-refractivity contribution in [2.75, 3.05) is 7.11 Å². The lowest BCUT2D eigenvalue weighted by Gasteiger charge is -2.10. The minimum atomic E-state index is -4.85. The van der Waals surface area contributed by atoms with Crippen LogP contribution in [-0.2, 0) is 11.6 Å². The second-order valence-electron chi connectivity index (χ2n) is 3.13. The van der Waals surface area contributed by atoms with Gasteiger partial charge >= 0.3 is 13.5 Å². The van der Waals surface area contributed by atoms with E-state index in [1.807, 2.05) is 0 Å². The number of methoxy groups -OCH3 is 1. The summed E-state index contributed by atoms with van der Waals surface area (Å²) in [5, 5.41) is 2.65. The Morgan fingerprint density at radius 1 is 1.26 bits per heavy atom. The van der Waals surface area contributed by atoms with Crippen LogP contribution >= 0.6 is 21.2 Å². The summed E-state index contributed by atoms with van der Waals surface area (Å²) >= 11 is 0.824. The van der Waals surface area contributed by atoms with Crippen molar-refractivity contribution in [3.63, 3.8) is 0 Å². The minimum absolute atomic E-state index is 0.339. The first-order valence-electron chi connectivity index (χ1n) is 4.56. The van der Waals surface area contributed by atoms with E-state index in [0.717, 1.165) is 33.3 Å². The zero-order valence-corrected chi connectivity index (χ0v) is 12.3. The summed E-state index contributed by atoms with van der Waals surface area (Å²) in [6.45, 7) is 0. The second kappa shape index (κ2) is 5.94. The number of benzene rings is 1. The summed E-state index contributed by atoms with van der Waals surface area (Å²) < 4.78 is 68.1. The highest BCUT2D eigenvalue weighted by Gasteiger charge is 2.38. The number of oxime groups is 1. The monoisotopic (exact) mass is 409 g/mol. The number of alkyl halides is 3. The fourth-order valence-corrected chi connectivity index (χ4v) is 1.50. The Bertz CT molecular complexity index is 568. The molecule has 19 heavy (non-hydrogen) atoms. The number of ether oxygens (including phenoxy) is 1. The van der Waals surface area contributed by atoms with E-state index in [4.69, 9.17) is 4.74 Å². The fraction of sp³-hybridized carbons (Fsp3) is 0.222. The Labute approximate surface area is 119 Å². The van der Waals surface area contributed by atoms with Gasteiger partial charge in [-0.25, -0.2) is 0 Å². The van der Waals surface area contributed by atoms with E-state index in [2.05, 4.69) is 9.44 Å². The van der Waals surface area contributed by atoms with Gasteiger partial charge in [-0.2, -0.15) is 21.6 Å². The van der Waals surface area contributed by atoms with E-state index < -0.39 is 19.2 Å². The van der Waals surface area contributed by atoms with Gasteiger partial charge in [-0.15, -0.1) is 0 Å².